The van der Waals surface area contributed by atoms with Gasteiger partial charge in [-0.2, -0.15) is 0 Å². The average Bonchev–Trinajstić information content (AvgIpc) is 2.68. The zero-order valence-corrected chi connectivity index (χ0v) is 9.94. The molecule has 0 radical (unpaired) electrons. The minimum Gasteiger partial charge on any atom is -0.293 e. The molecule has 0 fully saturated rings. The van der Waals surface area contributed by atoms with Crippen LogP contribution >= 0.6 is 11.3 Å². The fourth-order valence-corrected chi connectivity index (χ4v) is 2.66. The van der Waals surface area contributed by atoms with Crippen LogP contribution in [0.2, 0.25) is 0 Å². The molecule has 1 heterocycles. The summed E-state index contributed by atoms with van der Waals surface area (Å²) in [4.78, 5) is 12.5. The lowest BCUT2D eigenvalue weighted by molar-refractivity contribution is 0.0984. The molecule has 2 aromatic rings. The van der Waals surface area contributed by atoms with Crippen molar-refractivity contribution >= 4 is 27.2 Å². The molecule has 0 amide bonds. The van der Waals surface area contributed by atoms with E-state index in [-0.39, 0.29) is 11.6 Å². The third kappa shape index (κ3) is 2.30. The first-order valence-electron chi connectivity index (χ1n) is 5.43. The number of Topliss-reactive ketones (excluding diaryl/α,β-unsaturated/α-hetero) is 1. The van der Waals surface area contributed by atoms with Gasteiger partial charge in [0.15, 0.2) is 5.78 Å². The molecule has 0 aliphatic carbocycles. The molecular formula is C13H13FOS. The number of carbonyl (C=O) groups is 1. The predicted molar refractivity (Wildman–Crippen MR) is 65.6 cm³/mol. The number of unbranched alkanes of at least 4 members (excludes halogenated alkanes) is 1. The number of hydrogen-bond donors (Lipinski definition) is 0. The molecule has 0 aliphatic heterocycles. The maximum atomic E-state index is 13.0. The lowest BCUT2D eigenvalue weighted by atomic mass is 10.1. The van der Waals surface area contributed by atoms with Crippen molar-refractivity contribution < 1.29 is 9.18 Å². The summed E-state index contributed by atoms with van der Waals surface area (Å²) in [6.45, 7) is 2.06. The standard InChI is InChI=1S/C13H13FOS/c1-2-3-4-11(15)13-7-9-5-6-10(14)8-12(9)16-13/h5-8H,2-4H2,1H3. The monoisotopic (exact) mass is 236 g/mol. The van der Waals surface area contributed by atoms with Crippen molar-refractivity contribution in [2.45, 2.75) is 26.2 Å². The van der Waals surface area contributed by atoms with Crippen LogP contribution in [0.1, 0.15) is 35.9 Å². The fourth-order valence-electron chi connectivity index (χ4n) is 1.60. The summed E-state index contributed by atoms with van der Waals surface area (Å²) in [7, 11) is 0. The predicted octanol–water partition coefficient (Wildman–Crippen LogP) is 4.41. The molecule has 0 saturated carbocycles. The van der Waals surface area contributed by atoms with Crippen molar-refractivity contribution in [1.82, 2.24) is 0 Å². The topological polar surface area (TPSA) is 17.1 Å². The Hall–Kier alpha value is -1.22. The fraction of sp³-hybridized carbons (Fsp3) is 0.308. The van der Waals surface area contributed by atoms with E-state index in [0.29, 0.717) is 6.42 Å². The Morgan fingerprint density at radius 3 is 2.94 bits per heavy atom. The molecule has 0 aliphatic rings. The maximum absolute atomic E-state index is 13.0. The second-order valence-electron chi connectivity index (χ2n) is 3.82. The number of hydrogen-bond acceptors (Lipinski definition) is 2. The van der Waals surface area contributed by atoms with E-state index in [2.05, 4.69) is 6.92 Å². The van der Waals surface area contributed by atoms with E-state index in [1.54, 1.807) is 6.07 Å². The van der Waals surface area contributed by atoms with Crippen molar-refractivity contribution in [2.24, 2.45) is 0 Å². The number of carbonyl (C=O) groups excluding carboxylic acids is 1. The van der Waals surface area contributed by atoms with Gasteiger partial charge < -0.3 is 0 Å². The van der Waals surface area contributed by atoms with Gasteiger partial charge in [-0.25, -0.2) is 4.39 Å². The van der Waals surface area contributed by atoms with Gasteiger partial charge in [-0.1, -0.05) is 19.4 Å². The van der Waals surface area contributed by atoms with E-state index >= 15 is 0 Å². The molecule has 0 atom stereocenters. The number of rotatable bonds is 4. The first-order chi connectivity index (χ1) is 7.70. The summed E-state index contributed by atoms with van der Waals surface area (Å²) >= 11 is 1.38. The summed E-state index contributed by atoms with van der Waals surface area (Å²) in [5.41, 5.74) is 0. The first-order valence-corrected chi connectivity index (χ1v) is 6.24. The molecular weight excluding hydrogens is 223 g/mol. The molecule has 84 valence electrons. The van der Waals surface area contributed by atoms with Gasteiger partial charge >= 0.3 is 0 Å². The Bertz CT molecular complexity index is 516. The Kier molecular flexibility index (Phi) is 3.34. The molecule has 3 heteroatoms. The molecule has 0 bridgehead atoms. The van der Waals surface area contributed by atoms with Crippen LogP contribution in [0.5, 0.6) is 0 Å². The van der Waals surface area contributed by atoms with E-state index in [0.717, 1.165) is 27.8 Å². The zero-order chi connectivity index (χ0) is 11.5. The van der Waals surface area contributed by atoms with Gasteiger partial charge in [0, 0.05) is 11.1 Å². The van der Waals surface area contributed by atoms with Gasteiger partial charge in [0.1, 0.15) is 5.82 Å². The first kappa shape index (κ1) is 11.3. The van der Waals surface area contributed by atoms with Crippen LogP contribution < -0.4 is 0 Å². The van der Waals surface area contributed by atoms with Crippen LogP contribution in [0.3, 0.4) is 0 Å². The van der Waals surface area contributed by atoms with Gasteiger partial charge in [-0.15, -0.1) is 11.3 Å². The maximum Gasteiger partial charge on any atom is 0.172 e. The van der Waals surface area contributed by atoms with E-state index in [1.165, 1.54) is 23.5 Å². The lowest BCUT2D eigenvalue weighted by Gasteiger charge is -1.93. The van der Waals surface area contributed by atoms with E-state index in [4.69, 9.17) is 0 Å². The lowest BCUT2D eigenvalue weighted by Crippen LogP contribution is -1.94. The van der Waals surface area contributed by atoms with Crippen LogP contribution in [-0.2, 0) is 0 Å². The van der Waals surface area contributed by atoms with Crippen LogP contribution in [0.4, 0.5) is 4.39 Å². The molecule has 0 N–H and O–H groups in total. The second kappa shape index (κ2) is 4.74. The van der Waals surface area contributed by atoms with Crippen molar-refractivity contribution in [3.8, 4) is 0 Å². The summed E-state index contributed by atoms with van der Waals surface area (Å²) in [5.74, 6) is -0.0784. The molecule has 1 aromatic heterocycles. The molecule has 2 rings (SSSR count). The SMILES string of the molecule is CCCCC(=O)c1cc2ccc(F)cc2s1. The van der Waals surface area contributed by atoms with Crippen LogP contribution in [0.15, 0.2) is 24.3 Å². The molecule has 16 heavy (non-hydrogen) atoms. The van der Waals surface area contributed by atoms with E-state index in [1.807, 2.05) is 6.07 Å². The Morgan fingerprint density at radius 2 is 2.19 bits per heavy atom. The third-order valence-corrected chi connectivity index (χ3v) is 3.65. The summed E-state index contributed by atoms with van der Waals surface area (Å²) in [5, 5.41) is 0.950. The van der Waals surface area contributed by atoms with Gasteiger partial charge in [-0.05, 0) is 30.0 Å². The normalized spacial score (nSPS) is 10.9. The highest BCUT2D eigenvalue weighted by Crippen LogP contribution is 2.27. The molecule has 0 spiro atoms. The minimum absolute atomic E-state index is 0.170. The van der Waals surface area contributed by atoms with Crippen LogP contribution in [0.25, 0.3) is 10.1 Å². The largest absolute Gasteiger partial charge is 0.293 e. The van der Waals surface area contributed by atoms with Crippen LogP contribution in [-0.4, -0.2) is 5.78 Å². The van der Waals surface area contributed by atoms with Gasteiger partial charge in [0.2, 0.25) is 0 Å². The van der Waals surface area contributed by atoms with Crippen molar-refractivity contribution in [2.75, 3.05) is 0 Å². The number of fused-ring (bicyclic) bond motifs is 1. The number of thiophene rings is 1. The smallest absolute Gasteiger partial charge is 0.172 e. The summed E-state index contributed by atoms with van der Waals surface area (Å²) < 4.78 is 13.8. The Balaban J connectivity index is 2.28. The van der Waals surface area contributed by atoms with Crippen LogP contribution in [0, 0.1) is 5.82 Å². The summed E-state index contributed by atoms with van der Waals surface area (Å²) in [6.07, 6.45) is 2.53. The second-order valence-corrected chi connectivity index (χ2v) is 4.90. The number of benzene rings is 1. The highest BCUT2D eigenvalue weighted by Gasteiger charge is 2.09. The zero-order valence-electron chi connectivity index (χ0n) is 9.13. The van der Waals surface area contributed by atoms with E-state index in [9.17, 15) is 9.18 Å². The third-order valence-electron chi connectivity index (χ3n) is 2.51. The number of ketones is 1. The minimum atomic E-state index is -0.248. The van der Waals surface area contributed by atoms with E-state index < -0.39 is 0 Å². The average molecular weight is 236 g/mol. The van der Waals surface area contributed by atoms with Crippen molar-refractivity contribution in [3.63, 3.8) is 0 Å². The van der Waals surface area contributed by atoms with Crippen molar-refractivity contribution in [1.29, 1.82) is 0 Å². The van der Waals surface area contributed by atoms with Gasteiger partial charge in [0.05, 0.1) is 4.88 Å². The Morgan fingerprint density at radius 1 is 1.38 bits per heavy atom. The van der Waals surface area contributed by atoms with Gasteiger partial charge in [-0.3, -0.25) is 4.79 Å². The number of halogens is 1. The molecule has 0 unspecified atom stereocenters. The molecule has 1 nitrogen and oxygen atoms in total. The highest BCUT2D eigenvalue weighted by molar-refractivity contribution is 7.20. The summed E-state index contributed by atoms with van der Waals surface area (Å²) in [6, 6.07) is 6.49. The Labute approximate surface area is 97.9 Å². The molecule has 0 saturated heterocycles. The highest BCUT2D eigenvalue weighted by atomic mass is 32.1. The quantitative estimate of drug-likeness (QED) is 0.718. The molecule has 1 aromatic carbocycles. The van der Waals surface area contributed by atoms with Gasteiger partial charge in [0.25, 0.3) is 0 Å². The van der Waals surface area contributed by atoms with Crippen molar-refractivity contribution in [3.05, 3.63) is 35.0 Å².